The second-order valence-electron chi connectivity index (χ2n) is 5.26. The summed E-state index contributed by atoms with van der Waals surface area (Å²) in [6.45, 7) is 4.89. The minimum atomic E-state index is -0.572. The van der Waals surface area contributed by atoms with Crippen molar-refractivity contribution in [3.63, 3.8) is 0 Å². The van der Waals surface area contributed by atoms with E-state index in [1.54, 1.807) is 17.0 Å². The third-order valence-electron chi connectivity index (χ3n) is 3.21. The molecule has 114 valence electrons. The predicted molar refractivity (Wildman–Crippen MR) is 83.1 cm³/mol. The second-order valence-corrected chi connectivity index (χ2v) is 6.18. The molecule has 21 heavy (non-hydrogen) atoms. The van der Waals surface area contributed by atoms with Gasteiger partial charge in [-0.25, -0.2) is 0 Å². The number of hydrogen-bond donors (Lipinski definition) is 1. The Bertz CT molecular complexity index is 516. The van der Waals surface area contributed by atoms with Gasteiger partial charge >= 0.3 is 0 Å². The molecule has 1 N–H and O–H groups in total. The average molecular weight is 355 g/mol. The monoisotopic (exact) mass is 354 g/mol. The summed E-state index contributed by atoms with van der Waals surface area (Å²) in [5.74, 6) is -0.315. The van der Waals surface area contributed by atoms with Gasteiger partial charge in [-0.2, -0.15) is 0 Å². The highest BCUT2D eigenvalue weighted by atomic mass is 79.9. The highest BCUT2D eigenvalue weighted by Gasteiger charge is 2.33. The van der Waals surface area contributed by atoms with E-state index in [4.69, 9.17) is 4.74 Å². The number of carbonyl (C=O) groups is 2. The molecule has 0 saturated carbocycles. The third kappa shape index (κ3) is 4.04. The van der Waals surface area contributed by atoms with Crippen LogP contribution in [0.4, 0.5) is 0 Å². The molecule has 0 aliphatic carbocycles. The molecule has 1 unspecified atom stereocenters. The molecule has 1 aromatic rings. The van der Waals surface area contributed by atoms with Crippen molar-refractivity contribution in [2.75, 3.05) is 19.8 Å². The average Bonchev–Trinajstić information content (AvgIpc) is 2.46. The van der Waals surface area contributed by atoms with Crippen molar-refractivity contribution in [3.05, 3.63) is 34.3 Å². The van der Waals surface area contributed by atoms with Gasteiger partial charge in [-0.3, -0.25) is 9.59 Å². The minimum Gasteiger partial charge on any atom is -0.377 e. The second kappa shape index (κ2) is 7.04. The van der Waals surface area contributed by atoms with Crippen LogP contribution in [0.25, 0.3) is 0 Å². The number of hydrogen-bond acceptors (Lipinski definition) is 3. The van der Waals surface area contributed by atoms with Gasteiger partial charge in [-0.1, -0.05) is 15.9 Å². The molecule has 0 spiro atoms. The summed E-state index contributed by atoms with van der Waals surface area (Å²) in [6.07, 6.45) is 0. The zero-order valence-electron chi connectivity index (χ0n) is 12.1. The van der Waals surface area contributed by atoms with Crippen LogP contribution in [-0.2, 0) is 9.53 Å². The lowest BCUT2D eigenvalue weighted by Crippen LogP contribution is -2.56. The number of benzene rings is 1. The Morgan fingerprint density at radius 2 is 2.00 bits per heavy atom. The minimum absolute atomic E-state index is 0.0315. The molecule has 1 aliphatic rings. The van der Waals surface area contributed by atoms with Gasteiger partial charge in [0.1, 0.15) is 6.04 Å². The molecule has 0 radical (unpaired) electrons. The van der Waals surface area contributed by atoms with Gasteiger partial charge in [0.2, 0.25) is 5.91 Å². The molecular weight excluding hydrogens is 336 g/mol. The molecule has 1 aromatic carbocycles. The van der Waals surface area contributed by atoms with Crippen molar-refractivity contribution in [3.8, 4) is 0 Å². The zero-order chi connectivity index (χ0) is 15.4. The Morgan fingerprint density at radius 3 is 2.62 bits per heavy atom. The van der Waals surface area contributed by atoms with Crippen LogP contribution in [0.3, 0.4) is 0 Å². The van der Waals surface area contributed by atoms with Gasteiger partial charge in [0.15, 0.2) is 0 Å². The van der Waals surface area contributed by atoms with Crippen molar-refractivity contribution in [1.29, 1.82) is 0 Å². The maximum absolute atomic E-state index is 12.6. The highest BCUT2D eigenvalue weighted by molar-refractivity contribution is 9.10. The fourth-order valence-corrected chi connectivity index (χ4v) is 2.47. The lowest BCUT2D eigenvalue weighted by Gasteiger charge is -2.35. The summed E-state index contributed by atoms with van der Waals surface area (Å²) in [5, 5.41) is 2.84. The molecule has 2 amide bonds. The van der Waals surface area contributed by atoms with E-state index in [1.807, 2.05) is 26.0 Å². The quantitative estimate of drug-likeness (QED) is 0.900. The molecule has 1 heterocycles. The topological polar surface area (TPSA) is 58.6 Å². The number of ether oxygens (including phenoxy) is 1. The fourth-order valence-electron chi connectivity index (χ4n) is 2.20. The summed E-state index contributed by atoms with van der Waals surface area (Å²) in [6, 6.07) is 6.59. The number of amides is 2. The molecule has 1 saturated heterocycles. The maximum Gasteiger partial charge on any atom is 0.254 e. The number of carbonyl (C=O) groups excluding carboxylic acids is 2. The SMILES string of the molecule is CC(C)NC(=O)C1COCCN1C(=O)c1ccc(Br)cc1. The van der Waals surface area contributed by atoms with E-state index < -0.39 is 6.04 Å². The third-order valence-corrected chi connectivity index (χ3v) is 3.74. The standard InChI is InChI=1S/C15H19BrN2O3/c1-10(2)17-14(19)13-9-21-8-7-18(13)15(20)11-3-5-12(16)6-4-11/h3-6,10,13H,7-9H2,1-2H3,(H,17,19). The van der Waals surface area contributed by atoms with Crippen LogP contribution in [0, 0.1) is 0 Å². The van der Waals surface area contributed by atoms with Crippen LogP contribution in [0.15, 0.2) is 28.7 Å². The Labute approximate surface area is 132 Å². The van der Waals surface area contributed by atoms with E-state index in [0.29, 0.717) is 18.7 Å². The summed E-state index contributed by atoms with van der Waals surface area (Å²) in [7, 11) is 0. The lowest BCUT2D eigenvalue weighted by molar-refractivity contribution is -0.131. The molecule has 1 aliphatic heterocycles. The smallest absolute Gasteiger partial charge is 0.254 e. The first-order valence-electron chi connectivity index (χ1n) is 6.93. The number of halogens is 1. The number of morpholine rings is 1. The Hall–Kier alpha value is -1.40. The van der Waals surface area contributed by atoms with E-state index in [2.05, 4.69) is 21.2 Å². The summed E-state index contributed by atoms with van der Waals surface area (Å²) in [4.78, 5) is 26.4. The van der Waals surface area contributed by atoms with Crippen molar-refractivity contribution in [1.82, 2.24) is 10.2 Å². The van der Waals surface area contributed by atoms with E-state index in [9.17, 15) is 9.59 Å². The highest BCUT2D eigenvalue weighted by Crippen LogP contribution is 2.16. The number of rotatable bonds is 3. The first-order valence-corrected chi connectivity index (χ1v) is 7.73. The molecule has 5 nitrogen and oxygen atoms in total. The molecule has 1 atom stereocenters. The van der Waals surface area contributed by atoms with Gasteiger partial charge in [0.05, 0.1) is 13.2 Å². The molecular formula is C15H19BrN2O3. The molecule has 0 bridgehead atoms. The molecule has 1 fully saturated rings. The normalized spacial score (nSPS) is 18.7. The van der Waals surface area contributed by atoms with Crippen LogP contribution in [0.1, 0.15) is 24.2 Å². The maximum atomic E-state index is 12.6. The van der Waals surface area contributed by atoms with E-state index in [1.165, 1.54) is 0 Å². The van der Waals surface area contributed by atoms with Gasteiger partial charge in [0, 0.05) is 22.6 Å². The van der Waals surface area contributed by atoms with Gasteiger partial charge in [0.25, 0.3) is 5.91 Å². The van der Waals surface area contributed by atoms with E-state index >= 15 is 0 Å². The predicted octanol–water partition coefficient (Wildman–Crippen LogP) is 1.81. The van der Waals surface area contributed by atoms with Crippen LogP contribution in [-0.4, -0.2) is 48.6 Å². The van der Waals surface area contributed by atoms with Gasteiger partial charge < -0.3 is 15.0 Å². The van der Waals surface area contributed by atoms with Crippen molar-refractivity contribution >= 4 is 27.7 Å². The van der Waals surface area contributed by atoms with E-state index in [0.717, 1.165) is 4.47 Å². The number of nitrogens with zero attached hydrogens (tertiary/aromatic N) is 1. The Kier molecular flexibility index (Phi) is 5.36. The first kappa shape index (κ1) is 16.0. The molecule has 2 rings (SSSR count). The zero-order valence-corrected chi connectivity index (χ0v) is 13.7. The van der Waals surface area contributed by atoms with Crippen LogP contribution < -0.4 is 5.32 Å². The van der Waals surface area contributed by atoms with Crippen LogP contribution in [0.5, 0.6) is 0 Å². The van der Waals surface area contributed by atoms with Crippen LogP contribution in [0.2, 0.25) is 0 Å². The van der Waals surface area contributed by atoms with Crippen molar-refractivity contribution < 1.29 is 14.3 Å². The van der Waals surface area contributed by atoms with Crippen molar-refractivity contribution in [2.24, 2.45) is 0 Å². The lowest BCUT2D eigenvalue weighted by atomic mass is 10.1. The summed E-state index contributed by atoms with van der Waals surface area (Å²) < 4.78 is 6.27. The summed E-state index contributed by atoms with van der Waals surface area (Å²) >= 11 is 3.34. The van der Waals surface area contributed by atoms with Gasteiger partial charge in [-0.15, -0.1) is 0 Å². The molecule has 6 heteroatoms. The number of nitrogens with one attached hydrogen (secondary N) is 1. The molecule has 0 aromatic heterocycles. The largest absolute Gasteiger partial charge is 0.377 e. The van der Waals surface area contributed by atoms with Gasteiger partial charge in [-0.05, 0) is 38.1 Å². The van der Waals surface area contributed by atoms with Crippen LogP contribution >= 0.6 is 15.9 Å². The fraction of sp³-hybridized carbons (Fsp3) is 0.467. The van der Waals surface area contributed by atoms with E-state index in [-0.39, 0.29) is 24.5 Å². The van der Waals surface area contributed by atoms with Crippen molar-refractivity contribution in [2.45, 2.75) is 25.9 Å². The summed E-state index contributed by atoms with van der Waals surface area (Å²) in [5.41, 5.74) is 0.572. The Balaban J connectivity index is 2.16. The Morgan fingerprint density at radius 1 is 1.33 bits per heavy atom. The first-order chi connectivity index (χ1) is 9.99.